The summed E-state index contributed by atoms with van der Waals surface area (Å²) in [6, 6.07) is 4.93. The van der Waals surface area contributed by atoms with Gasteiger partial charge in [0, 0.05) is 24.1 Å². The van der Waals surface area contributed by atoms with E-state index in [0.717, 1.165) is 38.8 Å². The molecule has 0 aliphatic carbocycles. The fourth-order valence-corrected chi connectivity index (χ4v) is 3.26. The Morgan fingerprint density at radius 1 is 1.47 bits per heavy atom. The summed E-state index contributed by atoms with van der Waals surface area (Å²) in [5, 5.41) is 5.82. The summed E-state index contributed by atoms with van der Waals surface area (Å²) < 4.78 is 5.99. The normalized spacial score (nSPS) is 23.8. The molecule has 3 heteroatoms. The maximum atomic E-state index is 5.99. The van der Waals surface area contributed by atoms with Crippen LogP contribution in [0.2, 0.25) is 0 Å². The predicted molar refractivity (Wildman–Crippen MR) is 73.4 cm³/mol. The minimum Gasteiger partial charge on any atom is -0.375 e. The number of rotatable bonds is 5. The van der Waals surface area contributed by atoms with Gasteiger partial charge in [-0.15, -0.1) is 11.3 Å². The fourth-order valence-electron chi connectivity index (χ4n) is 2.60. The number of ether oxygens (including phenoxy) is 1. The zero-order valence-electron chi connectivity index (χ0n) is 10.9. The van der Waals surface area contributed by atoms with Crippen LogP contribution in [0.4, 0.5) is 0 Å². The van der Waals surface area contributed by atoms with E-state index in [0.29, 0.717) is 6.04 Å². The van der Waals surface area contributed by atoms with Crippen LogP contribution in [0.1, 0.15) is 44.4 Å². The molecule has 0 amide bonds. The highest BCUT2D eigenvalue weighted by Gasteiger charge is 2.34. The summed E-state index contributed by atoms with van der Waals surface area (Å²) in [5.41, 5.74) is 0.130. The lowest BCUT2D eigenvalue weighted by molar-refractivity contribution is -0.0931. The first-order chi connectivity index (χ1) is 8.28. The molecule has 1 unspecified atom stereocenters. The van der Waals surface area contributed by atoms with Gasteiger partial charge in [-0.25, -0.2) is 0 Å². The van der Waals surface area contributed by atoms with Gasteiger partial charge in [0.15, 0.2) is 0 Å². The van der Waals surface area contributed by atoms with Gasteiger partial charge in [-0.05, 0) is 37.1 Å². The molecule has 1 fully saturated rings. The molecule has 2 nitrogen and oxygen atoms in total. The summed E-state index contributed by atoms with van der Waals surface area (Å²) in [7, 11) is 0. The first-order valence-electron chi connectivity index (χ1n) is 6.68. The van der Waals surface area contributed by atoms with Crippen LogP contribution in [0.5, 0.6) is 0 Å². The van der Waals surface area contributed by atoms with Crippen LogP contribution in [0, 0.1) is 0 Å². The predicted octanol–water partition coefficient (Wildman–Crippen LogP) is 3.58. The minimum atomic E-state index is 0.130. The number of thiophene rings is 1. The Labute approximate surface area is 108 Å². The highest BCUT2D eigenvalue weighted by atomic mass is 32.1. The van der Waals surface area contributed by atoms with Gasteiger partial charge < -0.3 is 10.1 Å². The molecule has 0 spiro atoms. The van der Waals surface area contributed by atoms with Crippen molar-refractivity contribution in [3.05, 3.63) is 22.4 Å². The van der Waals surface area contributed by atoms with E-state index >= 15 is 0 Å². The number of hydrogen-bond donors (Lipinski definition) is 1. The minimum absolute atomic E-state index is 0.130. The maximum absolute atomic E-state index is 5.99. The van der Waals surface area contributed by atoms with Crippen molar-refractivity contribution < 1.29 is 4.74 Å². The molecule has 1 aliphatic rings. The lowest BCUT2D eigenvalue weighted by atomic mass is 9.86. The standard InChI is InChI=1S/C14H23NOS/c1-3-14(4-2)10-12(7-8-16-14)15-11-13-6-5-9-17-13/h5-6,9,12,15H,3-4,7-8,10-11H2,1-2H3. The number of hydrogen-bond acceptors (Lipinski definition) is 3. The molecule has 0 saturated carbocycles. The first kappa shape index (κ1) is 13.1. The molecule has 1 aromatic heterocycles. The largest absolute Gasteiger partial charge is 0.375 e. The van der Waals surface area contributed by atoms with Crippen LogP contribution in [0.3, 0.4) is 0 Å². The highest BCUT2D eigenvalue weighted by Crippen LogP contribution is 2.31. The molecule has 1 aliphatic heterocycles. The van der Waals surface area contributed by atoms with Crippen LogP contribution >= 0.6 is 11.3 Å². The van der Waals surface area contributed by atoms with Gasteiger partial charge in [-0.3, -0.25) is 0 Å². The molecule has 1 atom stereocenters. The van der Waals surface area contributed by atoms with E-state index in [1.807, 2.05) is 11.3 Å². The van der Waals surface area contributed by atoms with Gasteiger partial charge in [-0.1, -0.05) is 19.9 Å². The Morgan fingerprint density at radius 3 is 2.94 bits per heavy atom. The van der Waals surface area contributed by atoms with Crippen LogP contribution in [0.25, 0.3) is 0 Å². The molecule has 1 N–H and O–H groups in total. The van der Waals surface area contributed by atoms with Crippen molar-refractivity contribution in [3.8, 4) is 0 Å². The van der Waals surface area contributed by atoms with Gasteiger partial charge in [0.1, 0.15) is 0 Å². The zero-order chi connectivity index (χ0) is 12.1. The third-order valence-electron chi connectivity index (χ3n) is 3.93. The Bertz CT molecular complexity index is 319. The lowest BCUT2D eigenvalue weighted by Crippen LogP contribution is -2.46. The Balaban J connectivity index is 1.85. The van der Waals surface area contributed by atoms with E-state index in [4.69, 9.17) is 4.74 Å². The van der Waals surface area contributed by atoms with E-state index in [2.05, 4.69) is 36.7 Å². The average Bonchev–Trinajstić information content (AvgIpc) is 2.90. The van der Waals surface area contributed by atoms with Gasteiger partial charge >= 0.3 is 0 Å². The van der Waals surface area contributed by atoms with Crippen LogP contribution in [-0.2, 0) is 11.3 Å². The van der Waals surface area contributed by atoms with Crippen molar-refractivity contribution in [1.29, 1.82) is 0 Å². The van der Waals surface area contributed by atoms with Crippen molar-refractivity contribution in [2.75, 3.05) is 6.61 Å². The molecule has 17 heavy (non-hydrogen) atoms. The lowest BCUT2D eigenvalue weighted by Gasteiger charge is -2.40. The molecule has 0 bridgehead atoms. The summed E-state index contributed by atoms with van der Waals surface area (Å²) in [5.74, 6) is 0. The monoisotopic (exact) mass is 253 g/mol. The van der Waals surface area contributed by atoms with Gasteiger partial charge in [0.2, 0.25) is 0 Å². The molecular formula is C14H23NOS. The van der Waals surface area contributed by atoms with Gasteiger partial charge in [0.05, 0.1) is 5.60 Å². The summed E-state index contributed by atoms with van der Waals surface area (Å²) in [6.07, 6.45) is 4.56. The van der Waals surface area contributed by atoms with Gasteiger partial charge in [0.25, 0.3) is 0 Å². The molecule has 2 heterocycles. The second-order valence-corrected chi connectivity index (χ2v) is 5.92. The van der Waals surface area contributed by atoms with Crippen molar-refractivity contribution in [2.45, 2.75) is 57.7 Å². The Hall–Kier alpha value is -0.380. The topological polar surface area (TPSA) is 21.3 Å². The Kier molecular flexibility index (Phi) is 4.60. The average molecular weight is 253 g/mol. The Morgan fingerprint density at radius 2 is 2.29 bits per heavy atom. The van der Waals surface area contributed by atoms with Crippen LogP contribution in [0.15, 0.2) is 17.5 Å². The molecule has 96 valence electrons. The van der Waals surface area contributed by atoms with Crippen molar-refractivity contribution in [3.63, 3.8) is 0 Å². The van der Waals surface area contributed by atoms with Crippen molar-refractivity contribution in [2.24, 2.45) is 0 Å². The quantitative estimate of drug-likeness (QED) is 0.866. The van der Waals surface area contributed by atoms with Crippen molar-refractivity contribution in [1.82, 2.24) is 5.32 Å². The van der Waals surface area contributed by atoms with Crippen LogP contribution in [-0.4, -0.2) is 18.2 Å². The van der Waals surface area contributed by atoms with E-state index in [9.17, 15) is 0 Å². The van der Waals surface area contributed by atoms with E-state index in [1.165, 1.54) is 4.88 Å². The fraction of sp³-hybridized carbons (Fsp3) is 0.714. The first-order valence-corrected chi connectivity index (χ1v) is 7.55. The maximum Gasteiger partial charge on any atom is 0.0692 e. The third kappa shape index (κ3) is 3.30. The van der Waals surface area contributed by atoms with E-state index in [1.54, 1.807) is 0 Å². The molecule has 0 radical (unpaired) electrons. The third-order valence-corrected chi connectivity index (χ3v) is 4.80. The zero-order valence-corrected chi connectivity index (χ0v) is 11.7. The van der Waals surface area contributed by atoms with Crippen LogP contribution < -0.4 is 5.32 Å². The van der Waals surface area contributed by atoms with E-state index < -0.39 is 0 Å². The SMILES string of the molecule is CCC1(CC)CC(NCc2cccs2)CCO1. The molecule has 1 aromatic rings. The summed E-state index contributed by atoms with van der Waals surface area (Å²) >= 11 is 1.83. The molecule has 2 rings (SSSR count). The molecule has 1 saturated heterocycles. The van der Waals surface area contributed by atoms with E-state index in [-0.39, 0.29) is 5.60 Å². The second-order valence-electron chi connectivity index (χ2n) is 4.89. The summed E-state index contributed by atoms with van der Waals surface area (Å²) in [4.78, 5) is 1.43. The highest BCUT2D eigenvalue weighted by molar-refractivity contribution is 7.09. The second kappa shape index (κ2) is 5.98. The molecular weight excluding hydrogens is 230 g/mol. The summed E-state index contributed by atoms with van der Waals surface area (Å²) in [6.45, 7) is 6.39. The van der Waals surface area contributed by atoms with Gasteiger partial charge in [-0.2, -0.15) is 0 Å². The molecule has 0 aromatic carbocycles. The number of nitrogens with one attached hydrogen (secondary N) is 1. The van der Waals surface area contributed by atoms with Crippen molar-refractivity contribution >= 4 is 11.3 Å². The smallest absolute Gasteiger partial charge is 0.0692 e.